The average Bonchev–Trinajstić information content (AvgIpc) is 2.77. The number of likely N-dealkylation sites (N-methyl/N-ethyl adjacent to an activating group) is 1. The summed E-state index contributed by atoms with van der Waals surface area (Å²) >= 11 is 3.37. The number of carbonyl (C=O) groups excluding carboxylic acids is 2. The van der Waals surface area contributed by atoms with Crippen LogP contribution in [0.25, 0.3) is 0 Å². The Morgan fingerprint density at radius 1 is 1.58 bits per heavy atom. The number of thioether (sulfide) groups is 1. The normalized spacial score (nSPS) is 10.2. The molecule has 0 fully saturated rings. The summed E-state index contributed by atoms with van der Waals surface area (Å²) in [6.07, 6.45) is 2.73. The minimum atomic E-state index is -0.614. The smallest absolute Gasteiger partial charge is 0.314 e. The minimum absolute atomic E-state index is 0.0237. The number of nitrogens with two attached hydrogens (primary N) is 1. The molecule has 1 heterocycles. The van der Waals surface area contributed by atoms with Gasteiger partial charge in [0.15, 0.2) is 0 Å². The van der Waals surface area contributed by atoms with E-state index in [9.17, 15) is 9.59 Å². The van der Waals surface area contributed by atoms with Crippen LogP contribution in [-0.2, 0) is 17.0 Å². The first-order valence-corrected chi connectivity index (χ1v) is 7.99. The summed E-state index contributed by atoms with van der Waals surface area (Å²) in [6, 6.07) is -0.614. The standard InChI is InChI=1S/C11H18N4O2S2/c1-15(11(12)17)5-9(16)13-4-3-8-6-19-10(14-8)7-18-2/h6H,3-5,7H2,1-2H3,(H2,12,17)(H,13,16). The predicted octanol–water partition coefficient (Wildman–Crippen LogP) is 0.675. The molecule has 0 saturated carbocycles. The van der Waals surface area contributed by atoms with Crippen molar-refractivity contribution in [3.63, 3.8) is 0 Å². The Bertz CT molecular complexity index is 436. The van der Waals surface area contributed by atoms with Crippen molar-refractivity contribution < 1.29 is 9.59 Å². The molecule has 106 valence electrons. The molecule has 0 atom stereocenters. The molecule has 0 aliphatic carbocycles. The maximum absolute atomic E-state index is 11.5. The fourth-order valence-corrected chi connectivity index (χ4v) is 2.88. The van der Waals surface area contributed by atoms with Crippen LogP contribution in [-0.4, -0.2) is 48.2 Å². The van der Waals surface area contributed by atoms with E-state index in [4.69, 9.17) is 5.73 Å². The van der Waals surface area contributed by atoms with Crippen molar-refractivity contribution in [1.29, 1.82) is 0 Å². The Labute approximate surface area is 120 Å². The van der Waals surface area contributed by atoms with Gasteiger partial charge in [0.2, 0.25) is 5.91 Å². The summed E-state index contributed by atoms with van der Waals surface area (Å²) in [6.45, 7) is 0.484. The zero-order valence-electron chi connectivity index (χ0n) is 11.0. The number of carbonyl (C=O) groups is 2. The lowest BCUT2D eigenvalue weighted by Gasteiger charge is -2.13. The predicted molar refractivity (Wildman–Crippen MR) is 78.3 cm³/mol. The van der Waals surface area contributed by atoms with Gasteiger partial charge in [-0.05, 0) is 6.26 Å². The number of amides is 3. The molecular weight excluding hydrogens is 284 g/mol. The van der Waals surface area contributed by atoms with Crippen LogP contribution in [0.4, 0.5) is 4.79 Å². The molecule has 3 amide bonds. The first-order chi connectivity index (χ1) is 9.02. The Hall–Kier alpha value is -1.28. The summed E-state index contributed by atoms with van der Waals surface area (Å²) < 4.78 is 0. The fraction of sp³-hybridized carbons (Fsp3) is 0.545. The van der Waals surface area contributed by atoms with Crippen molar-refractivity contribution in [1.82, 2.24) is 15.2 Å². The second-order valence-corrected chi connectivity index (χ2v) is 5.77. The molecular formula is C11H18N4O2S2. The molecule has 0 radical (unpaired) electrons. The highest BCUT2D eigenvalue weighted by Crippen LogP contribution is 2.14. The summed E-state index contributed by atoms with van der Waals surface area (Å²) in [5.41, 5.74) is 6.02. The minimum Gasteiger partial charge on any atom is -0.354 e. The van der Waals surface area contributed by atoms with Gasteiger partial charge in [0.25, 0.3) is 0 Å². The van der Waals surface area contributed by atoms with E-state index in [1.807, 2.05) is 11.6 Å². The Balaban J connectivity index is 2.25. The van der Waals surface area contributed by atoms with Crippen molar-refractivity contribution >= 4 is 35.0 Å². The molecule has 0 saturated heterocycles. The van der Waals surface area contributed by atoms with Gasteiger partial charge in [-0.3, -0.25) is 4.79 Å². The van der Waals surface area contributed by atoms with Gasteiger partial charge in [0.05, 0.1) is 5.69 Å². The molecule has 0 unspecified atom stereocenters. The van der Waals surface area contributed by atoms with Gasteiger partial charge in [-0.25, -0.2) is 9.78 Å². The lowest BCUT2D eigenvalue weighted by Crippen LogP contribution is -2.41. The van der Waals surface area contributed by atoms with E-state index in [0.29, 0.717) is 13.0 Å². The highest BCUT2D eigenvalue weighted by atomic mass is 32.2. The molecule has 0 aromatic carbocycles. The lowest BCUT2D eigenvalue weighted by molar-refractivity contribution is -0.121. The van der Waals surface area contributed by atoms with Crippen LogP contribution in [0.2, 0.25) is 0 Å². The number of nitrogens with one attached hydrogen (secondary N) is 1. The van der Waals surface area contributed by atoms with Crippen molar-refractivity contribution in [2.45, 2.75) is 12.2 Å². The zero-order chi connectivity index (χ0) is 14.3. The Kier molecular flexibility index (Phi) is 6.65. The largest absolute Gasteiger partial charge is 0.354 e. The van der Waals surface area contributed by atoms with Crippen LogP contribution in [0.1, 0.15) is 10.7 Å². The van der Waals surface area contributed by atoms with Crippen molar-refractivity contribution in [2.75, 3.05) is 26.4 Å². The van der Waals surface area contributed by atoms with Gasteiger partial charge in [-0.2, -0.15) is 11.8 Å². The van der Waals surface area contributed by atoms with E-state index >= 15 is 0 Å². The van der Waals surface area contributed by atoms with E-state index in [0.717, 1.165) is 21.4 Å². The third-order valence-electron chi connectivity index (χ3n) is 2.33. The highest BCUT2D eigenvalue weighted by Gasteiger charge is 2.09. The van der Waals surface area contributed by atoms with Gasteiger partial charge < -0.3 is 16.0 Å². The summed E-state index contributed by atoms with van der Waals surface area (Å²) in [7, 11) is 1.48. The molecule has 1 aromatic rings. The van der Waals surface area contributed by atoms with Gasteiger partial charge in [-0.15, -0.1) is 11.3 Å². The van der Waals surface area contributed by atoms with Crippen LogP contribution < -0.4 is 11.1 Å². The number of aromatic nitrogens is 1. The van der Waals surface area contributed by atoms with Gasteiger partial charge in [0.1, 0.15) is 11.6 Å². The number of thiazole rings is 1. The van der Waals surface area contributed by atoms with Gasteiger partial charge in [0, 0.05) is 31.1 Å². The fourth-order valence-electron chi connectivity index (χ4n) is 1.33. The first-order valence-electron chi connectivity index (χ1n) is 5.72. The molecule has 1 aromatic heterocycles. The molecule has 3 N–H and O–H groups in total. The van der Waals surface area contributed by atoms with Crippen LogP contribution in [0.5, 0.6) is 0 Å². The Morgan fingerprint density at radius 3 is 2.95 bits per heavy atom. The van der Waals surface area contributed by atoms with Crippen LogP contribution in [0.3, 0.4) is 0 Å². The van der Waals surface area contributed by atoms with Crippen molar-refractivity contribution in [3.05, 3.63) is 16.1 Å². The molecule has 19 heavy (non-hydrogen) atoms. The maximum Gasteiger partial charge on any atom is 0.314 e. The third-order valence-corrected chi connectivity index (χ3v) is 3.97. The van der Waals surface area contributed by atoms with E-state index in [-0.39, 0.29) is 12.5 Å². The second kappa shape index (κ2) is 8.00. The number of rotatable bonds is 7. The molecule has 1 rings (SSSR count). The van der Waals surface area contributed by atoms with Crippen LogP contribution >= 0.6 is 23.1 Å². The monoisotopic (exact) mass is 302 g/mol. The van der Waals surface area contributed by atoms with E-state index in [1.165, 1.54) is 7.05 Å². The zero-order valence-corrected chi connectivity index (χ0v) is 12.6. The van der Waals surface area contributed by atoms with Crippen LogP contribution in [0.15, 0.2) is 5.38 Å². The van der Waals surface area contributed by atoms with Gasteiger partial charge >= 0.3 is 6.03 Å². The molecule has 0 aliphatic rings. The van der Waals surface area contributed by atoms with E-state index in [2.05, 4.69) is 10.3 Å². The maximum atomic E-state index is 11.5. The number of nitrogens with zero attached hydrogens (tertiary/aromatic N) is 2. The number of hydrogen-bond donors (Lipinski definition) is 2. The number of primary amides is 1. The molecule has 0 aliphatic heterocycles. The van der Waals surface area contributed by atoms with Crippen LogP contribution in [0, 0.1) is 0 Å². The van der Waals surface area contributed by atoms with Gasteiger partial charge in [-0.1, -0.05) is 0 Å². The molecule has 6 nitrogen and oxygen atoms in total. The molecule has 8 heteroatoms. The lowest BCUT2D eigenvalue weighted by atomic mass is 10.3. The highest BCUT2D eigenvalue weighted by molar-refractivity contribution is 7.97. The van der Waals surface area contributed by atoms with Crippen molar-refractivity contribution in [3.8, 4) is 0 Å². The van der Waals surface area contributed by atoms with E-state index in [1.54, 1.807) is 23.1 Å². The molecule has 0 spiro atoms. The second-order valence-electron chi connectivity index (χ2n) is 3.96. The summed E-state index contributed by atoms with van der Waals surface area (Å²) in [4.78, 5) is 27.8. The number of hydrogen-bond acceptors (Lipinski definition) is 5. The molecule has 0 bridgehead atoms. The van der Waals surface area contributed by atoms with Crippen molar-refractivity contribution in [2.24, 2.45) is 5.73 Å². The summed E-state index contributed by atoms with van der Waals surface area (Å²) in [5, 5.41) is 5.84. The number of urea groups is 1. The quantitative estimate of drug-likeness (QED) is 0.775. The summed E-state index contributed by atoms with van der Waals surface area (Å²) in [5.74, 6) is 0.696. The topological polar surface area (TPSA) is 88.3 Å². The average molecular weight is 302 g/mol. The SMILES string of the molecule is CSCc1nc(CCNC(=O)CN(C)C(N)=O)cs1. The van der Waals surface area contributed by atoms with E-state index < -0.39 is 6.03 Å². The Morgan fingerprint density at radius 2 is 2.32 bits per heavy atom. The third kappa shape index (κ3) is 5.93. The first kappa shape index (κ1) is 15.8.